The maximum Gasteiger partial charge on any atom is 0.258 e. The van der Waals surface area contributed by atoms with Gasteiger partial charge in [-0.2, -0.15) is 0 Å². The summed E-state index contributed by atoms with van der Waals surface area (Å²) >= 11 is 6.05. The Hall–Kier alpha value is -3.89. The Balaban J connectivity index is 1.60. The Kier molecular flexibility index (Phi) is 6.62. The van der Waals surface area contributed by atoms with E-state index in [0.717, 1.165) is 22.5 Å². The third-order valence-corrected chi connectivity index (χ3v) is 6.99. The van der Waals surface area contributed by atoms with Crippen LogP contribution in [0, 0.1) is 6.92 Å². The van der Waals surface area contributed by atoms with Crippen molar-refractivity contribution in [2.45, 2.75) is 32.4 Å². The van der Waals surface area contributed by atoms with Crippen molar-refractivity contribution in [1.29, 1.82) is 0 Å². The molecule has 0 bridgehead atoms. The van der Waals surface area contributed by atoms with E-state index in [1.165, 1.54) is 0 Å². The van der Waals surface area contributed by atoms with E-state index >= 15 is 0 Å². The van der Waals surface area contributed by atoms with Crippen molar-refractivity contribution in [2.24, 2.45) is 0 Å². The molecule has 36 heavy (non-hydrogen) atoms. The quantitative estimate of drug-likeness (QED) is 0.295. The van der Waals surface area contributed by atoms with Crippen molar-refractivity contribution >= 4 is 34.8 Å². The molecule has 0 saturated carbocycles. The topological polar surface area (TPSA) is 40.6 Å². The van der Waals surface area contributed by atoms with Gasteiger partial charge in [0.25, 0.3) is 11.8 Å². The van der Waals surface area contributed by atoms with E-state index in [1.807, 2.05) is 103 Å². The molecule has 2 amide bonds. The van der Waals surface area contributed by atoms with Crippen molar-refractivity contribution in [1.82, 2.24) is 0 Å². The number of carbonyl (C=O) groups excluding carboxylic acids is 2. The number of anilines is 2. The first kappa shape index (κ1) is 23.8. The summed E-state index contributed by atoms with van der Waals surface area (Å²) in [6.45, 7) is 4.05. The van der Waals surface area contributed by atoms with E-state index in [9.17, 15) is 9.59 Å². The highest BCUT2D eigenvalue weighted by Crippen LogP contribution is 2.43. The van der Waals surface area contributed by atoms with E-state index in [1.54, 1.807) is 24.3 Å². The summed E-state index contributed by atoms with van der Waals surface area (Å²) in [5, 5.41) is 0.590. The van der Waals surface area contributed by atoms with E-state index < -0.39 is 0 Å². The molecule has 0 radical (unpaired) electrons. The molecular formula is C31H27ClN2O2. The lowest BCUT2D eigenvalue weighted by Crippen LogP contribution is -2.47. The molecule has 4 nitrogen and oxygen atoms in total. The molecule has 2 atom stereocenters. The Morgan fingerprint density at radius 2 is 1.42 bits per heavy atom. The second-order valence-electron chi connectivity index (χ2n) is 9.22. The average Bonchev–Trinajstić information content (AvgIpc) is 2.90. The number of benzene rings is 4. The van der Waals surface area contributed by atoms with Gasteiger partial charge in [-0.1, -0.05) is 65.7 Å². The van der Waals surface area contributed by atoms with Gasteiger partial charge in [0.05, 0.1) is 6.04 Å². The lowest BCUT2D eigenvalue weighted by atomic mass is 9.89. The van der Waals surface area contributed by atoms with Gasteiger partial charge < -0.3 is 9.80 Å². The molecule has 0 fully saturated rings. The molecule has 0 spiro atoms. The van der Waals surface area contributed by atoms with Gasteiger partial charge in [0.1, 0.15) is 0 Å². The third-order valence-electron chi connectivity index (χ3n) is 6.73. The minimum Gasteiger partial charge on any atom is -0.305 e. The summed E-state index contributed by atoms with van der Waals surface area (Å²) in [6.07, 6.45) is 0.600. The normalized spacial score (nSPS) is 16.8. The maximum absolute atomic E-state index is 14.0. The third kappa shape index (κ3) is 4.52. The van der Waals surface area contributed by atoms with Crippen LogP contribution >= 0.6 is 11.6 Å². The van der Waals surface area contributed by atoms with Gasteiger partial charge >= 0.3 is 0 Å². The molecule has 1 aliphatic heterocycles. The van der Waals surface area contributed by atoms with Crippen LogP contribution in [-0.4, -0.2) is 17.9 Å². The summed E-state index contributed by atoms with van der Waals surface area (Å²) in [5.74, 6) is -0.146. The Labute approximate surface area is 216 Å². The summed E-state index contributed by atoms with van der Waals surface area (Å²) < 4.78 is 0. The number of hydrogen-bond acceptors (Lipinski definition) is 2. The summed E-state index contributed by atoms with van der Waals surface area (Å²) in [4.78, 5) is 31.3. The summed E-state index contributed by atoms with van der Waals surface area (Å²) in [7, 11) is 0. The molecule has 0 unspecified atom stereocenters. The molecule has 1 heterocycles. The predicted molar refractivity (Wildman–Crippen MR) is 146 cm³/mol. The molecule has 0 N–H and O–H groups in total. The fourth-order valence-corrected chi connectivity index (χ4v) is 5.06. The van der Waals surface area contributed by atoms with Crippen molar-refractivity contribution in [2.75, 3.05) is 9.80 Å². The number of halogens is 1. The first-order valence-electron chi connectivity index (χ1n) is 12.1. The molecule has 0 aliphatic carbocycles. The van der Waals surface area contributed by atoms with E-state index in [0.29, 0.717) is 22.6 Å². The monoisotopic (exact) mass is 494 g/mol. The van der Waals surface area contributed by atoms with Crippen molar-refractivity contribution in [3.8, 4) is 0 Å². The van der Waals surface area contributed by atoms with Crippen molar-refractivity contribution in [3.05, 3.63) is 130 Å². The zero-order valence-electron chi connectivity index (χ0n) is 20.3. The van der Waals surface area contributed by atoms with Crippen LogP contribution in [0.1, 0.15) is 51.2 Å². The van der Waals surface area contributed by atoms with Crippen LogP contribution in [0.3, 0.4) is 0 Å². The molecule has 4 aromatic carbocycles. The number of amides is 2. The minimum atomic E-state index is -0.235. The number of aryl methyl sites for hydroxylation is 1. The molecule has 1 aliphatic rings. The van der Waals surface area contributed by atoms with Crippen LogP contribution in [0.15, 0.2) is 103 Å². The average molecular weight is 495 g/mol. The van der Waals surface area contributed by atoms with Crippen LogP contribution in [0.2, 0.25) is 5.02 Å². The Bertz CT molecular complexity index is 1380. The molecule has 5 rings (SSSR count). The zero-order chi connectivity index (χ0) is 25.2. The highest BCUT2D eigenvalue weighted by atomic mass is 35.5. The number of nitrogens with zero attached hydrogens (tertiary/aromatic N) is 2. The van der Waals surface area contributed by atoms with E-state index in [-0.39, 0.29) is 23.9 Å². The smallest absolute Gasteiger partial charge is 0.258 e. The van der Waals surface area contributed by atoms with Gasteiger partial charge in [0.2, 0.25) is 0 Å². The highest BCUT2D eigenvalue weighted by Gasteiger charge is 2.39. The van der Waals surface area contributed by atoms with Crippen molar-refractivity contribution < 1.29 is 9.59 Å². The van der Waals surface area contributed by atoms with E-state index in [2.05, 4.69) is 0 Å². The summed E-state index contributed by atoms with van der Waals surface area (Å²) in [6, 6.07) is 31.9. The van der Waals surface area contributed by atoms with Gasteiger partial charge in [-0.15, -0.1) is 0 Å². The fraction of sp³-hybridized carbons (Fsp3) is 0.161. The molecule has 0 saturated heterocycles. The largest absolute Gasteiger partial charge is 0.305 e. The molecule has 180 valence electrons. The number of para-hydroxylation sites is 2. The molecular weight excluding hydrogens is 468 g/mol. The number of hydrogen-bond donors (Lipinski definition) is 0. The minimum absolute atomic E-state index is 0.0642. The van der Waals surface area contributed by atoms with Crippen molar-refractivity contribution in [3.63, 3.8) is 0 Å². The first-order chi connectivity index (χ1) is 17.4. The van der Waals surface area contributed by atoms with Crippen LogP contribution in [0.5, 0.6) is 0 Å². The first-order valence-corrected chi connectivity index (χ1v) is 12.4. The predicted octanol–water partition coefficient (Wildman–Crippen LogP) is 7.48. The van der Waals surface area contributed by atoms with Gasteiger partial charge in [-0.05, 0) is 80.4 Å². The van der Waals surface area contributed by atoms with Crippen LogP contribution in [0.4, 0.5) is 11.4 Å². The molecule has 0 aromatic heterocycles. The van der Waals surface area contributed by atoms with Gasteiger partial charge in [-0.25, -0.2) is 0 Å². The Morgan fingerprint density at radius 3 is 2.11 bits per heavy atom. The van der Waals surface area contributed by atoms with Crippen LogP contribution < -0.4 is 9.80 Å². The van der Waals surface area contributed by atoms with Gasteiger partial charge in [0.15, 0.2) is 0 Å². The Morgan fingerprint density at radius 1 is 0.806 bits per heavy atom. The van der Waals surface area contributed by atoms with E-state index in [4.69, 9.17) is 11.6 Å². The lowest BCUT2D eigenvalue weighted by molar-refractivity contribution is 0.0965. The summed E-state index contributed by atoms with van der Waals surface area (Å²) in [5.41, 5.74) is 4.91. The zero-order valence-corrected chi connectivity index (χ0v) is 21.0. The van der Waals surface area contributed by atoms with Gasteiger partial charge in [-0.3, -0.25) is 9.59 Å². The number of rotatable bonds is 4. The highest BCUT2D eigenvalue weighted by molar-refractivity contribution is 6.30. The van der Waals surface area contributed by atoms with Gasteiger partial charge in [0, 0.05) is 33.6 Å². The SMILES string of the molecule is Cc1ccc(C(=O)N(c2ccccc2)[C@@H]2C[C@H](C)N(C(=O)c3ccc(Cl)cc3)c3ccccc32)cc1. The number of fused-ring (bicyclic) bond motifs is 1. The van der Waals surface area contributed by atoms with Crippen LogP contribution in [-0.2, 0) is 0 Å². The standard InChI is InChI=1S/C31H27ClN2O2/c1-21-12-14-23(15-13-21)31(36)34(26-8-4-3-5-9-26)29-20-22(2)33(28-11-7-6-10-27(28)29)30(35)24-16-18-25(32)19-17-24/h3-19,22,29H,20H2,1-2H3/t22-,29+/m0/s1. The second kappa shape index (κ2) is 10.00. The second-order valence-corrected chi connectivity index (χ2v) is 9.65. The molecule has 4 aromatic rings. The van der Waals surface area contributed by atoms with Crippen LogP contribution in [0.25, 0.3) is 0 Å². The molecule has 5 heteroatoms. The maximum atomic E-state index is 14.0. The fourth-order valence-electron chi connectivity index (χ4n) is 4.93. The number of carbonyl (C=O) groups is 2. The lowest BCUT2D eigenvalue weighted by Gasteiger charge is -2.43.